The zero-order chi connectivity index (χ0) is 15.4. The van der Waals surface area contributed by atoms with Gasteiger partial charge in [-0.2, -0.15) is 0 Å². The van der Waals surface area contributed by atoms with Crippen molar-refractivity contribution in [1.29, 1.82) is 0 Å². The number of rotatable bonds is 3. The summed E-state index contributed by atoms with van der Waals surface area (Å²) < 4.78 is 0. The van der Waals surface area contributed by atoms with Crippen LogP contribution in [0.5, 0.6) is 0 Å². The highest BCUT2D eigenvalue weighted by Gasteiger charge is 2.25. The van der Waals surface area contributed by atoms with Crippen LogP contribution in [0.2, 0.25) is 0 Å². The van der Waals surface area contributed by atoms with Gasteiger partial charge in [0.25, 0.3) is 0 Å². The van der Waals surface area contributed by atoms with Gasteiger partial charge in [0, 0.05) is 37.4 Å². The minimum Gasteiger partial charge on any atom is -0.324 e. The predicted molar refractivity (Wildman–Crippen MR) is 86.3 cm³/mol. The number of urea groups is 1. The molecule has 1 aromatic rings. The maximum atomic E-state index is 12.4. The number of anilines is 1. The molecular weight excluding hydrogens is 264 g/mol. The maximum Gasteiger partial charge on any atom is 0.321 e. The van der Waals surface area contributed by atoms with E-state index in [4.69, 9.17) is 5.73 Å². The Labute approximate surface area is 127 Å². The Morgan fingerprint density at radius 2 is 2.24 bits per heavy atom. The fraction of sp³-hybridized carbons (Fsp3) is 0.562. The van der Waals surface area contributed by atoms with Gasteiger partial charge < -0.3 is 16.0 Å². The molecule has 2 unspecified atom stereocenters. The molecule has 0 aromatic heterocycles. The average molecular weight is 290 g/mol. The van der Waals surface area contributed by atoms with E-state index in [-0.39, 0.29) is 12.1 Å². The molecule has 2 atom stereocenters. The van der Waals surface area contributed by atoms with E-state index in [1.165, 1.54) is 0 Å². The molecule has 1 aromatic carbocycles. The molecule has 5 heteroatoms. The van der Waals surface area contributed by atoms with Crippen molar-refractivity contribution in [2.45, 2.75) is 32.9 Å². The molecule has 1 fully saturated rings. The van der Waals surface area contributed by atoms with E-state index in [0.717, 1.165) is 37.4 Å². The van der Waals surface area contributed by atoms with Crippen molar-refractivity contribution in [3.8, 4) is 0 Å². The van der Waals surface area contributed by atoms with Crippen molar-refractivity contribution < 1.29 is 4.79 Å². The highest BCUT2D eigenvalue weighted by Crippen LogP contribution is 2.17. The largest absolute Gasteiger partial charge is 0.324 e. The van der Waals surface area contributed by atoms with Crippen LogP contribution in [0.3, 0.4) is 0 Å². The minimum absolute atomic E-state index is 0.0283. The molecule has 0 radical (unpaired) electrons. The summed E-state index contributed by atoms with van der Waals surface area (Å²) in [5.41, 5.74) is 7.71. The van der Waals surface area contributed by atoms with Gasteiger partial charge in [-0.15, -0.1) is 0 Å². The Morgan fingerprint density at radius 3 is 2.86 bits per heavy atom. The molecule has 2 amide bonds. The maximum absolute atomic E-state index is 12.4. The molecule has 1 heterocycles. The molecule has 2 rings (SSSR count). The van der Waals surface area contributed by atoms with Crippen LogP contribution >= 0.6 is 0 Å². The highest BCUT2D eigenvalue weighted by molar-refractivity contribution is 5.89. The van der Waals surface area contributed by atoms with E-state index in [1.807, 2.05) is 36.1 Å². The van der Waals surface area contributed by atoms with Crippen molar-refractivity contribution in [3.05, 3.63) is 29.8 Å². The smallest absolute Gasteiger partial charge is 0.321 e. The van der Waals surface area contributed by atoms with Crippen LogP contribution in [0, 0.1) is 0 Å². The summed E-state index contributed by atoms with van der Waals surface area (Å²) in [4.78, 5) is 16.6. The van der Waals surface area contributed by atoms with Crippen LogP contribution in [-0.2, 0) is 0 Å². The second kappa shape index (κ2) is 6.91. The molecule has 0 aliphatic carbocycles. The first kappa shape index (κ1) is 15.8. The molecule has 3 N–H and O–H groups in total. The third kappa shape index (κ3) is 3.95. The average Bonchev–Trinajstić information content (AvgIpc) is 2.47. The van der Waals surface area contributed by atoms with Gasteiger partial charge in [-0.1, -0.05) is 19.1 Å². The molecule has 0 spiro atoms. The minimum atomic E-state index is -0.0324. The topological polar surface area (TPSA) is 61.6 Å². The number of carbonyl (C=O) groups excluding carboxylic acids is 1. The van der Waals surface area contributed by atoms with Crippen molar-refractivity contribution in [1.82, 2.24) is 9.80 Å². The van der Waals surface area contributed by atoms with Gasteiger partial charge in [0.05, 0.1) is 0 Å². The normalized spacial score (nSPS) is 21.1. The van der Waals surface area contributed by atoms with Crippen LogP contribution in [0.1, 0.15) is 32.4 Å². The Balaban J connectivity index is 1.97. The lowest BCUT2D eigenvalue weighted by molar-refractivity contribution is 0.108. The second-order valence-corrected chi connectivity index (χ2v) is 5.77. The predicted octanol–water partition coefficient (Wildman–Crippen LogP) is 2.26. The van der Waals surface area contributed by atoms with E-state index >= 15 is 0 Å². The number of nitrogens with two attached hydrogens (primary N) is 1. The summed E-state index contributed by atoms with van der Waals surface area (Å²) in [5.74, 6) is 0. The zero-order valence-electron chi connectivity index (χ0n) is 13.2. The number of nitrogens with one attached hydrogen (secondary N) is 1. The summed E-state index contributed by atoms with van der Waals surface area (Å²) in [7, 11) is 0. The lowest BCUT2D eigenvalue weighted by Crippen LogP contribution is -2.54. The fourth-order valence-electron chi connectivity index (χ4n) is 2.75. The highest BCUT2D eigenvalue weighted by atomic mass is 16.2. The Morgan fingerprint density at radius 1 is 1.48 bits per heavy atom. The molecule has 1 aliphatic heterocycles. The quantitative estimate of drug-likeness (QED) is 0.897. The van der Waals surface area contributed by atoms with E-state index in [9.17, 15) is 4.79 Å². The van der Waals surface area contributed by atoms with E-state index in [2.05, 4.69) is 24.1 Å². The SMILES string of the molecule is CCN1CCN(C(=O)Nc2cccc(C(C)N)c2)CC1C. The summed E-state index contributed by atoms with van der Waals surface area (Å²) in [5, 5.41) is 2.97. The third-order valence-corrected chi connectivity index (χ3v) is 4.12. The number of hydrogen-bond acceptors (Lipinski definition) is 3. The Bertz CT molecular complexity index is 489. The van der Waals surface area contributed by atoms with Crippen LogP contribution in [0.4, 0.5) is 10.5 Å². The van der Waals surface area contributed by atoms with Crippen LogP contribution in [0.25, 0.3) is 0 Å². The monoisotopic (exact) mass is 290 g/mol. The standard InChI is InChI=1S/C16H26N4O/c1-4-19-8-9-20(11-12(19)2)16(21)18-15-7-5-6-14(10-15)13(3)17/h5-7,10,12-13H,4,8-9,11,17H2,1-3H3,(H,18,21). The van der Waals surface area contributed by atoms with Crippen molar-refractivity contribution in [2.24, 2.45) is 5.73 Å². The first-order valence-corrected chi connectivity index (χ1v) is 7.66. The van der Waals surface area contributed by atoms with E-state index in [1.54, 1.807) is 0 Å². The third-order valence-electron chi connectivity index (χ3n) is 4.12. The van der Waals surface area contributed by atoms with Gasteiger partial charge in [-0.05, 0) is 38.1 Å². The van der Waals surface area contributed by atoms with Gasteiger partial charge in [0.2, 0.25) is 0 Å². The number of hydrogen-bond donors (Lipinski definition) is 2. The molecule has 0 bridgehead atoms. The zero-order valence-corrected chi connectivity index (χ0v) is 13.2. The van der Waals surface area contributed by atoms with Crippen molar-refractivity contribution in [2.75, 3.05) is 31.5 Å². The van der Waals surface area contributed by atoms with Gasteiger partial charge in [-0.25, -0.2) is 4.79 Å². The van der Waals surface area contributed by atoms with Gasteiger partial charge in [0.15, 0.2) is 0 Å². The summed E-state index contributed by atoms with van der Waals surface area (Å²) in [6.07, 6.45) is 0. The number of nitrogens with zero attached hydrogens (tertiary/aromatic N) is 2. The van der Waals surface area contributed by atoms with E-state index in [0.29, 0.717) is 6.04 Å². The number of amides is 2. The molecule has 5 nitrogen and oxygen atoms in total. The number of likely N-dealkylation sites (N-methyl/N-ethyl adjacent to an activating group) is 1. The van der Waals surface area contributed by atoms with Gasteiger partial charge in [0.1, 0.15) is 0 Å². The lowest BCUT2D eigenvalue weighted by Gasteiger charge is -2.39. The summed E-state index contributed by atoms with van der Waals surface area (Å²) in [6, 6.07) is 8.08. The number of carbonyl (C=O) groups is 1. The first-order chi connectivity index (χ1) is 10.0. The summed E-state index contributed by atoms with van der Waals surface area (Å²) in [6.45, 7) is 9.78. The lowest BCUT2D eigenvalue weighted by atomic mass is 10.1. The summed E-state index contributed by atoms with van der Waals surface area (Å²) >= 11 is 0. The fourth-order valence-corrected chi connectivity index (χ4v) is 2.75. The van der Waals surface area contributed by atoms with E-state index < -0.39 is 0 Å². The first-order valence-electron chi connectivity index (χ1n) is 7.66. The van der Waals surface area contributed by atoms with Crippen LogP contribution in [0.15, 0.2) is 24.3 Å². The van der Waals surface area contributed by atoms with Crippen LogP contribution in [-0.4, -0.2) is 48.1 Å². The van der Waals surface area contributed by atoms with Crippen molar-refractivity contribution in [3.63, 3.8) is 0 Å². The molecule has 1 aliphatic rings. The van der Waals surface area contributed by atoms with Crippen LogP contribution < -0.4 is 11.1 Å². The Hall–Kier alpha value is -1.59. The molecule has 21 heavy (non-hydrogen) atoms. The number of piperazine rings is 1. The molecule has 0 saturated carbocycles. The number of benzene rings is 1. The molecule has 1 saturated heterocycles. The Kier molecular flexibility index (Phi) is 5.20. The molecular formula is C16H26N4O. The van der Waals surface area contributed by atoms with Crippen molar-refractivity contribution >= 4 is 11.7 Å². The van der Waals surface area contributed by atoms with Gasteiger partial charge >= 0.3 is 6.03 Å². The van der Waals surface area contributed by atoms with Gasteiger partial charge in [-0.3, -0.25) is 4.90 Å². The second-order valence-electron chi connectivity index (χ2n) is 5.77. The molecule has 116 valence electrons.